The summed E-state index contributed by atoms with van der Waals surface area (Å²) in [5, 5.41) is 4.80. The quantitative estimate of drug-likeness (QED) is 0.212. The third kappa shape index (κ3) is 5.26. The molecule has 1 aliphatic carbocycles. The lowest BCUT2D eigenvalue weighted by Crippen LogP contribution is -2.31. The number of ether oxygens (including phenoxy) is 2. The third-order valence-corrected chi connectivity index (χ3v) is 9.62. The largest absolute Gasteiger partial charge is 0.497 e. The number of methoxy groups -OCH3 is 2. The summed E-state index contributed by atoms with van der Waals surface area (Å²) >= 11 is 6.63. The van der Waals surface area contributed by atoms with Crippen molar-refractivity contribution in [1.29, 1.82) is 0 Å². The molecule has 0 spiro atoms. The van der Waals surface area contributed by atoms with E-state index in [-0.39, 0.29) is 34.5 Å². The van der Waals surface area contributed by atoms with E-state index in [9.17, 15) is 18.0 Å². The molecule has 0 unspecified atom stereocenters. The number of benzene rings is 3. The zero-order valence-electron chi connectivity index (χ0n) is 23.2. The molecular weight excluding hydrogens is 594 g/mol. The summed E-state index contributed by atoms with van der Waals surface area (Å²) in [5.74, 6) is 1.35. The van der Waals surface area contributed by atoms with Crippen LogP contribution in [-0.2, 0) is 21.4 Å². The summed E-state index contributed by atoms with van der Waals surface area (Å²) in [6, 6.07) is 19.4. The molecule has 2 heterocycles. The number of halogens is 1. The first-order chi connectivity index (χ1) is 20.7. The number of Topliss-reactive ketones (excluding diaryl/α,β-unsaturated/α-hetero) is 1. The van der Waals surface area contributed by atoms with E-state index in [1.165, 1.54) is 42.2 Å². The molecule has 1 fully saturated rings. The van der Waals surface area contributed by atoms with Gasteiger partial charge in [0.25, 0.3) is 15.6 Å². The fourth-order valence-corrected chi connectivity index (χ4v) is 6.94. The molecule has 0 amide bonds. The van der Waals surface area contributed by atoms with Crippen LogP contribution >= 0.6 is 11.6 Å². The number of hydrogen-bond acceptors (Lipinski definition) is 8. The van der Waals surface area contributed by atoms with Gasteiger partial charge in [-0.15, -0.1) is 0 Å². The number of rotatable bonds is 9. The second-order valence-electron chi connectivity index (χ2n) is 10.1. The number of sulfonamides is 1. The topological polar surface area (TPSA) is 121 Å². The maximum atomic E-state index is 14.0. The summed E-state index contributed by atoms with van der Waals surface area (Å²) in [7, 11) is -1.09. The summed E-state index contributed by atoms with van der Waals surface area (Å²) < 4.78 is 46.4. The van der Waals surface area contributed by atoms with E-state index in [4.69, 9.17) is 25.6 Å². The Kier molecular flexibility index (Phi) is 7.45. The number of aromatic nitrogens is 2. The molecule has 2 aromatic heterocycles. The van der Waals surface area contributed by atoms with Crippen LogP contribution in [0.5, 0.6) is 11.5 Å². The zero-order valence-corrected chi connectivity index (χ0v) is 24.8. The number of anilines is 1. The molecule has 1 saturated carbocycles. The van der Waals surface area contributed by atoms with Crippen LogP contribution in [0.3, 0.4) is 0 Å². The van der Waals surface area contributed by atoms with Gasteiger partial charge in [-0.05, 0) is 65.6 Å². The highest BCUT2D eigenvalue weighted by Crippen LogP contribution is 2.41. The predicted molar refractivity (Wildman–Crippen MR) is 161 cm³/mol. The fourth-order valence-electron chi connectivity index (χ4n) is 5.20. The number of fused-ring (bicyclic) bond motifs is 1. The maximum absolute atomic E-state index is 14.0. The molecule has 5 aromatic rings. The van der Waals surface area contributed by atoms with Crippen LogP contribution in [0.25, 0.3) is 16.6 Å². The highest BCUT2D eigenvalue weighted by molar-refractivity contribution is 7.92. The summed E-state index contributed by atoms with van der Waals surface area (Å²) in [6.45, 7) is -0.00890. The van der Waals surface area contributed by atoms with E-state index in [1.54, 1.807) is 55.6 Å². The number of nitrogens with zero attached hydrogens (tertiary/aromatic N) is 3. The van der Waals surface area contributed by atoms with Gasteiger partial charge in [-0.3, -0.25) is 14.2 Å². The van der Waals surface area contributed by atoms with Crippen LogP contribution in [0, 0.1) is 0 Å². The average Bonchev–Trinajstić information content (AvgIpc) is 3.53. The van der Waals surface area contributed by atoms with Gasteiger partial charge in [-0.25, -0.2) is 12.7 Å². The van der Waals surface area contributed by atoms with Crippen LogP contribution in [0.4, 0.5) is 5.82 Å². The van der Waals surface area contributed by atoms with Crippen LogP contribution in [0.15, 0.2) is 93.3 Å². The van der Waals surface area contributed by atoms with Crippen molar-refractivity contribution in [2.24, 2.45) is 0 Å². The van der Waals surface area contributed by atoms with Crippen LogP contribution < -0.4 is 19.3 Å². The summed E-state index contributed by atoms with van der Waals surface area (Å²) in [6.07, 6.45) is 2.13. The van der Waals surface area contributed by atoms with Gasteiger partial charge < -0.3 is 14.0 Å². The Bertz CT molecular complexity index is 2000. The lowest BCUT2D eigenvalue weighted by Gasteiger charge is -2.26. The smallest absolute Gasteiger partial charge is 0.265 e. The summed E-state index contributed by atoms with van der Waals surface area (Å²) in [4.78, 5) is 24.8. The van der Waals surface area contributed by atoms with E-state index in [0.29, 0.717) is 51.5 Å². The molecule has 0 saturated heterocycles. The first-order valence-electron chi connectivity index (χ1n) is 13.3. The van der Waals surface area contributed by atoms with Crippen LogP contribution in [0.2, 0.25) is 5.02 Å². The van der Waals surface area contributed by atoms with Crippen molar-refractivity contribution < 1.29 is 27.2 Å². The van der Waals surface area contributed by atoms with Gasteiger partial charge in [0, 0.05) is 35.4 Å². The van der Waals surface area contributed by atoms with E-state index in [2.05, 4.69) is 5.16 Å². The van der Waals surface area contributed by atoms with Gasteiger partial charge in [0.15, 0.2) is 5.82 Å². The van der Waals surface area contributed by atoms with Crippen molar-refractivity contribution in [2.45, 2.75) is 30.2 Å². The SMILES string of the molecule is COc1ccc(CN(c2ccon2)S(=O)(=O)c2ccc3c(ccc(=O)n3-c3cc(Cl)c(C4CC(=O)C4)cc3OC)c2)cc1. The van der Waals surface area contributed by atoms with Crippen molar-refractivity contribution in [2.75, 3.05) is 18.5 Å². The molecule has 12 heteroatoms. The molecule has 1 aliphatic rings. The van der Waals surface area contributed by atoms with Gasteiger partial charge >= 0.3 is 0 Å². The first kappa shape index (κ1) is 28.5. The molecule has 0 radical (unpaired) electrons. The minimum atomic E-state index is -4.13. The molecule has 220 valence electrons. The lowest BCUT2D eigenvalue weighted by molar-refractivity contribution is -0.124. The van der Waals surface area contributed by atoms with Gasteiger partial charge in [0.2, 0.25) is 0 Å². The Labute approximate surface area is 252 Å². The molecule has 0 atom stereocenters. The monoisotopic (exact) mass is 619 g/mol. The molecule has 3 aromatic carbocycles. The van der Waals surface area contributed by atoms with Gasteiger partial charge in [-0.2, -0.15) is 0 Å². The molecule has 0 aliphatic heterocycles. The standard InChI is InChI=1S/C31H26ClN3O7S/c1-40-23-6-3-19(4-7-23)18-34(30-11-12-42-33-30)43(38,39)24-8-9-27-20(15-24)5-10-31(37)35(27)28-17-26(32)25(16-29(28)41-2)21-13-22(36)14-21/h3-12,15-17,21H,13-14,18H2,1-2H3. The third-order valence-electron chi connectivity index (χ3n) is 7.55. The Hall–Kier alpha value is -4.61. The second-order valence-corrected chi connectivity index (χ2v) is 12.4. The summed E-state index contributed by atoms with van der Waals surface area (Å²) in [5.41, 5.74) is 1.99. The molecular formula is C31H26ClN3O7S. The maximum Gasteiger partial charge on any atom is 0.265 e. The number of ketones is 1. The highest BCUT2D eigenvalue weighted by Gasteiger charge is 2.31. The molecule has 0 bridgehead atoms. The van der Waals surface area contributed by atoms with E-state index in [1.807, 2.05) is 0 Å². The molecule has 43 heavy (non-hydrogen) atoms. The lowest BCUT2D eigenvalue weighted by atomic mass is 9.79. The van der Waals surface area contributed by atoms with E-state index in [0.717, 1.165) is 9.87 Å². The normalized spacial score (nSPS) is 13.6. The number of carbonyl (C=O) groups excluding carboxylic acids is 1. The van der Waals surface area contributed by atoms with Crippen LogP contribution in [0.1, 0.15) is 29.9 Å². The average molecular weight is 620 g/mol. The van der Waals surface area contributed by atoms with Gasteiger partial charge in [0.1, 0.15) is 23.5 Å². The zero-order chi connectivity index (χ0) is 30.3. The Morgan fingerprint density at radius 3 is 2.40 bits per heavy atom. The van der Waals surface area contributed by atoms with E-state index < -0.39 is 10.0 Å². The first-order valence-corrected chi connectivity index (χ1v) is 15.1. The molecule has 10 nitrogen and oxygen atoms in total. The predicted octanol–water partition coefficient (Wildman–Crippen LogP) is 5.49. The van der Waals surface area contributed by atoms with Crippen molar-refractivity contribution in [3.8, 4) is 17.2 Å². The number of pyridine rings is 1. The second kappa shape index (κ2) is 11.2. The molecule has 6 rings (SSSR count). The van der Waals surface area contributed by atoms with Gasteiger partial charge in [-0.1, -0.05) is 28.9 Å². The van der Waals surface area contributed by atoms with Crippen molar-refractivity contribution in [1.82, 2.24) is 9.72 Å². The van der Waals surface area contributed by atoms with Crippen molar-refractivity contribution in [3.05, 3.63) is 106 Å². The van der Waals surface area contributed by atoms with Crippen molar-refractivity contribution in [3.63, 3.8) is 0 Å². The Balaban J connectivity index is 1.42. The number of hydrogen-bond donors (Lipinski definition) is 0. The number of carbonyl (C=O) groups is 1. The minimum absolute atomic E-state index is 0.00305. The minimum Gasteiger partial charge on any atom is -0.497 e. The van der Waals surface area contributed by atoms with Gasteiger partial charge in [0.05, 0.1) is 36.9 Å². The molecule has 0 N–H and O–H groups in total. The highest BCUT2D eigenvalue weighted by atomic mass is 35.5. The van der Waals surface area contributed by atoms with Crippen LogP contribution in [-0.4, -0.2) is 38.1 Å². The Morgan fingerprint density at radius 2 is 1.74 bits per heavy atom. The fraction of sp³-hybridized carbons (Fsp3) is 0.194. The Morgan fingerprint density at radius 1 is 0.977 bits per heavy atom. The van der Waals surface area contributed by atoms with E-state index >= 15 is 0 Å². The van der Waals surface area contributed by atoms with Crippen molar-refractivity contribution >= 4 is 44.1 Å².